The Labute approximate surface area is 145 Å². The van der Waals surface area contributed by atoms with Crippen LogP contribution in [0.3, 0.4) is 0 Å². The van der Waals surface area contributed by atoms with Crippen LogP contribution < -0.4 is 10.1 Å². The molecule has 25 heavy (non-hydrogen) atoms. The molecule has 0 saturated carbocycles. The molecule has 0 radical (unpaired) electrons. The molecule has 2 aromatic rings. The molecule has 0 bridgehead atoms. The maximum Gasteiger partial charge on any atom is 0.344 e. The number of nitrogens with zero attached hydrogens (tertiary/aromatic N) is 1. The Morgan fingerprint density at radius 1 is 1.28 bits per heavy atom. The number of hydrogen-bond acceptors (Lipinski definition) is 7. The third-order valence-electron chi connectivity index (χ3n) is 2.67. The summed E-state index contributed by atoms with van der Waals surface area (Å²) in [7, 11) is 0. The summed E-state index contributed by atoms with van der Waals surface area (Å²) in [5.74, 6) is -3.16. The van der Waals surface area contributed by atoms with Crippen molar-refractivity contribution in [3.63, 3.8) is 0 Å². The SMILES string of the molecule is Cc1cc(OCC(=O)OCC(=O)Nc2ccc(SC(F)F)cc2)no1. The molecule has 0 saturated heterocycles. The fourth-order valence-corrected chi connectivity index (χ4v) is 2.15. The average molecular weight is 372 g/mol. The van der Waals surface area contributed by atoms with Gasteiger partial charge in [-0.25, -0.2) is 4.79 Å². The van der Waals surface area contributed by atoms with Gasteiger partial charge in [0.2, 0.25) is 0 Å². The number of anilines is 1. The number of halogens is 2. The van der Waals surface area contributed by atoms with E-state index in [1.807, 2.05) is 0 Å². The summed E-state index contributed by atoms with van der Waals surface area (Å²) in [6.07, 6.45) is 0. The van der Waals surface area contributed by atoms with Crippen molar-refractivity contribution in [2.75, 3.05) is 18.5 Å². The molecular formula is C15H14F2N2O5S. The first-order chi connectivity index (χ1) is 11.9. The van der Waals surface area contributed by atoms with Crippen LogP contribution in [0.5, 0.6) is 5.88 Å². The highest BCUT2D eigenvalue weighted by molar-refractivity contribution is 7.99. The first-order valence-electron chi connectivity index (χ1n) is 6.99. The van der Waals surface area contributed by atoms with Gasteiger partial charge in [0, 0.05) is 16.6 Å². The van der Waals surface area contributed by atoms with E-state index in [0.717, 1.165) is 0 Å². The van der Waals surface area contributed by atoms with E-state index < -0.39 is 30.8 Å². The van der Waals surface area contributed by atoms with Crippen molar-refractivity contribution >= 4 is 29.3 Å². The van der Waals surface area contributed by atoms with Crippen molar-refractivity contribution in [1.82, 2.24) is 5.16 Å². The number of carbonyl (C=O) groups excluding carboxylic acids is 2. The van der Waals surface area contributed by atoms with Gasteiger partial charge in [-0.05, 0) is 36.3 Å². The van der Waals surface area contributed by atoms with E-state index >= 15 is 0 Å². The molecule has 7 nitrogen and oxygen atoms in total. The van der Waals surface area contributed by atoms with Crippen LogP contribution in [0.1, 0.15) is 5.76 Å². The highest BCUT2D eigenvalue weighted by atomic mass is 32.2. The monoisotopic (exact) mass is 372 g/mol. The lowest BCUT2D eigenvalue weighted by molar-refractivity contribution is -0.149. The minimum atomic E-state index is -2.51. The normalized spacial score (nSPS) is 10.6. The molecule has 1 N–H and O–H groups in total. The topological polar surface area (TPSA) is 90.7 Å². The number of esters is 1. The van der Waals surface area contributed by atoms with E-state index in [9.17, 15) is 18.4 Å². The molecule has 0 fully saturated rings. The lowest BCUT2D eigenvalue weighted by Crippen LogP contribution is -2.23. The van der Waals surface area contributed by atoms with E-state index in [2.05, 4.69) is 10.5 Å². The van der Waals surface area contributed by atoms with Gasteiger partial charge in [0.25, 0.3) is 17.5 Å². The molecule has 0 aliphatic carbocycles. The van der Waals surface area contributed by atoms with Crippen LogP contribution in [0, 0.1) is 6.92 Å². The van der Waals surface area contributed by atoms with Crippen LogP contribution in [-0.4, -0.2) is 36.0 Å². The molecule has 0 unspecified atom stereocenters. The fraction of sp³-hybridized carbons (Fsp3) is 0.267. The van der Waals surface area contributed by atoms with E-state index in [1.54, 1.807) is 6.92 Å². The molecule has 1 aromatic heterocycles. The van der Waals surface area contributed by atoms with Crippen molar-refractivity contribution < 1.29 is 32.4 Å². The summed E-state index contributed by atoms with van der Waals surface area (Å²) in [4.78, 5) is 23.5. The second kappa shape index (κ2) is 9.02. The van der Waals surface area contributed by atoms with Gasteiger partial charge < -0.3 is 19.3 Å². The van der Waals surface area contributed by atoms with E-state index in [-0.39, 0.29) is 5.88 Å². The lowest BCUT2D eigenvalue weighted by Gasteiger charge is -2.07. The summed E-state index contributed by atoms with van der Waals surface area (Å²) in [5.41, 5.74) is 0.397. The Balaban J connectivity index is 1.70. The van der Waals surface area contributed by atoms with Crippen LogP contribution in [0.4, 0.5) is 14.5 Å². The van der Waals surface area contributed by atoms with Crippen LogP contribution >= 0.6 is 11.8 Å². The number of rotatable bonds is 8. The van der Waals surface area contributed by atoms with Gasteiger partial charge in [-0.3, -0.25) is 4.79 Å². The standard InChI is InChI=1S/C15H14F2N2O5S/c1-9-6-13(19-24-9)22-8-14(21)23-7-12(20)18-10-2-4-11(5-3-10)25-15(16)17/h2-6,15H,7-8H2,1H3,(H,18,20). The molecule has 0 atom stereocenters. The van der Waals surface area contributed by atoms with Crippen LogP contribution in [-0.2, 0) is 14.3 Å². The quantitative estimate of drug-likeness (QED) is 0.563. The zero-order valence-corrected chi connectivity index (χ0v) is 13.8. The summed E-state index contributed by atoms with van der Waals surface area (Å²) in [6.45, 7) is 0.744. The van der Waals surface area contributed by atoms with Crippen molar-refractivity contribution in [3.8, 4) is 5.88 Å². The number of ether oxygens (including phenoxy) is 2. The number of aromatic nitrogens is 1. The second-order valence-corrected chi connectivity index (χ2v) is 5.74. The Morgan fingerprint density at radius 3 is 2.60 bits per heavy atom. The number of carbonyl (C=O) groups is 2. The van der Waals surface area contributed by atoms with Gasteiger partial charge in [0.1, 0.15) is 5.76 Å². The average Bonchev–Trinajstić information content (AvgIpc) is 2.98. The van der Waals surface area contributed by atoms with Crippen molar-refractivity contribution in [2.24, 2.45) is 0 Å². The van der Waals surface area contributed by atoms with Crippen molar-refractivity contribution in [2.45, 2.75) is 17.6 Å². The minimum absolute atomic E-state index is 0.139. The summed E-state index contributed by atoms with van der Waals surface area (Å²) >= 11 is 0.404. The molecule has 134 valence electrons. The highest BCUT2D eigenvalue weighted by Gasteiger charge is 2.11. The van der Waals surface area contributed by atoms with E-state index in [4.69, 9.17) is 14.0 Å². The number of alkyl halides is 2. The van der Waals surface area contributed by atoms with Gasteiger partial charge in [-0.2, -0.15) is 8.78 Å². The molecular weight excluding hydrogens is 358 g/mol. The Kier molecular flexibility index (Phi) is 6.75. The Bertz CT molecular complexity index is 721. The van der Waals surface area contributed by atoms with Gasteiger partial charge in [-0.15, -0.1) is 0 Å². The molecule has 0 aliphatic heterocycles. The second-order valence-electron chi connectivity index (χ2n) is 4.68. The number of hydrogen-bond donors (Lipinski definition) is 1. The summed E-state index contributed by atoms with van der Waals surface area (Å²) in [5, 5.41) is 6.00. The highest BCUT2D eigenvalue weighted by Crippen LogP contribution is 2.26. The predicted octanol–water partition coefficient (Wildman–Crippen LogP) is 2.86. The van der Waals surface area contributed by atoms with Crippen LogP contribution in [0.25, 0.3) is 0 Å². The van der Waals surface area contributed by atoms with Crippen LogP contribution in [0.15, 0.2) is 39.8 Å². The summed E-state index contributed by atoms with van der Waals surface area (Å²) in [6, 6.07) is 7.34. The number of benzene rings is 1. The first-order valence-corrected chi connectivity index (χ1v) is 7.87. The maximum atomic E-state index is 12.2. The molecule has 1 heterocycles. The van der Waals surface area contributed by atoms with E-state index in [1.165, 1.54) is 30.3 Å². The molecule has 1 aromatic carbocycles. The lowest BCUT2D eigenvalue weighted by atomic mass is 10.3. The maximum absolute atomic E-state index is 12.2. The minimum Gasteiger partial charge on any atom is -0.463 e. The molecule has 10 heteroatoms. The zero-order valence-electron chi connectivity index (χ0n) is 13.0. The summed E-state index contributed by atoms with van der Waals surface area (Å²) < 4.78 is 38.9. The van der Waals surface area contributed by atoms with Gasteiger partial charge in [-0.1, -0.05) is 11.8 Å². The van der Waals surface area contributed by atoms with Gasteiger partial charge in [0.15, 0.2) is 13.2 Å². The molecule has 0 spiro atoms. The number of amides is 1. The first kappa shape index (κ1) is 18.7. The number of thioether (sulfide) groups is 1. The fourth-order valence-electron chi connectivity index (χ4n) is 1.65. The van der Waals surface area contributed by atoms with Gasteiger partial charge in [0.05, 0.1) is 0 Å². The molecule has 1 amide bonds. The Hall–Kier alpha value is -2.62. The number of nitrogens with one attached hydrogen (secondary N) is 1. The largest absolute Gasteiger partial charge is 0.463 e. The molecule has 0 aliphatic rings. The molecule has 2 rings (SSSR count). The van der Waals surface area contributed by atoms with Crippen molar-refractivity contribution in [3.05, 3.63) is 36.1 Å². The zero-order chi connectivity index (χ0) is 18.2. The van der Waals surface area contributed by atoms with E-state index in [0.29, 0.717) is 28.1 Å². The van der Waals surface area contributed by atoms with Crippen LogP contribution in [0.2, 0.25) is 0 Å². The third-order valence-corrected chi connectivity index (χ3v) is 3.39. The number of aryl methyl sites for hydroxylation is 1. The third kappa shape index (κ3) is 6.79. The van der Waals surface area contributed by atoms with Crippen molar-refractivity contribution in [1.29, 1.82) is 0 Å². The predicted molar refractivity (Wildman–Crippen MR) is 84.6 cm³/mol. The smallest absolute Gasteiger partial charge is 0.344 e. The van der Waals surface area contributed by atoms with Gasteiger partial charge >= 0.3 is 5.97 Å². The Morgan fingerprint density at radius 2 is 2.00 bits per heavy atom.